The van der Waals surface area contributed by atoms with E-state index in [0.717, 1.165) is 4.47 Å². The van der Waals surface area contributed by atoms with Gasteiger partial charge < -0.3 is 10.1 Å². The molecule has 1 aliphatic rings. The maximum atomic E-state index is 12.9. The van der Waals surface area contributed by atoms with Crippen molar-refractivity contribution in [1.29, 1.82) is 0 Å². The molecule has 1 amide bonds. The van der Waals surface area contributed by atoms with E-state index in [-0.39, 0.29) is 5.91 Å². The zero-order chi connectivity index (χ0) is 16.6. The highest BCUT2D eigenvalue weighted by atomic mass is 79.9. The number of carbonyl (C=O) groups is 1. The molecule has 23 heavy (non-hydrogen) atoms. The Morgan fingerprint density at radius 3 is 2.70 bits per heavy atom. The molecular formula is C16H11BrCl2N2O2. The van der Waals surface area contributed by atoms with Gasteiger partial charge in [0.1, 0.15) is 0 Å². The molecule has 1 aliphatic heterocycles. The van der Waals surface area contributed by atoms with Crippen LogP contribution in [0.4, 0.5) is 5.69 Å². The van der Waals surface area contributed by atoms with Gasteiger partial charge >= 0.3 is 0 Å². The third-order valence-corrected chi connectivity index (χ3v) is 4.70. The van der Waals surface area contributed by atoms with E-state index in [9.17, 15) is 10.0 Å². The minimum atomic E-state index is -0.216. The number of benzene rings is 2. The van der Waals surface area contributed by atoms with Gasteiger partial charge in [0.2, 0.25) is 0 Å². The predicted molar refractivity (Wildman–Crippen MR) is 95.2 cm³/mol. The topological polar surface area (TPSA) is 52.9 Å². The summed E-state index contributed by atoms with van der Waals surface area (Å²) in [4.78, 5) is 14.5. The maximum absolute atomic E-state index is 12.9. The van der Waals surface area contributed by atoms with Crippen LogP contribution in [0, 0.1) is 0 Å². The van der Waals surface area contributed by atoms with Gasteiger partial charge in [-0.3, -0.25) is 4.79 Å². The molecule has 4 nitrogen and oxygen atoms in total. The summed E-state index contributed by atoms with van der Waals surface area (Å²) in [5, 5.41) is 13.3. The van der Waals surface area contributed by atoms with Crippen molar-refractivity contribution in [2.75, 3.05) is 11.4 Å². The normalized spacial score (nSPS) is 15.6. The van der Waals surface area contributed by atoms with E-state index in [1.54, 1.807) is 23.1 Å². The van der Waals surface area contributed by atoms with Crippen molar-refractivity contribution in [1.82, 2.24) is 0 Å². The summed E-state index contributed by atoms with van der Waals surface area (Å²) in [7, 11) is 0. The van der Waals surface area contributed by atoms with E-state index in [0.29, 0.717) is 45.5 Å². The summed E-state index contributed by atoms with van der Waals surface area (Å²) in [6.07, 6.45) is 0.455. The molecule has 2 aromatic carbocycles. The third-order valence-electron chi connectivity index (χ3n) is 3.66. The van der Waals surface area contributed by atoms with Crippen LogP contribution in [0.2, 0.25) is 10.0 Å². The molecule has 1 N–H and O–H groups in total. The fourth-order valence-electron chi connectivity index (χ4n) is 2.57. The van der Waals surface area contributed by atoms with Gasteiger partial charge in [-0.1, -0.05) is 44.3 Å². The molecule has 3 rings (SSSR count). The molecule has 0 saturated carbocycles. The number of fused-ring (bicyclic) bond motifs is 1. The van der Waals surface area contributed by atoms with E-state index in [4.69, 9.17) is 23.2 Å². The Bertz CT molecular complexity index is 824. The minimum absolute atomic E-state index is 0.216. The Kier molecular flexibility index (Phi) is 4.62. The number of halogens is 3. The maximum Gasteiger partial charge on any atom is 0.259 e. The van der Waals surface area contributed by atoms with Crippen LogP contribution in [0.1, 0.15) is 22.3 Å². The second-order valence-electron chi connectivity index (χ2n) is 5.04. The highest BCUT2D eigenvalue weighted by Crippen LogP contribution is 2.32. The highest BCUT2D eigenvalue weighted by Gasteiger charge is 2.28. The van der Waals surface area contributed by atoms with Gasteiger partial charge in [0, 0.05) is 28.0 Å². The number of hydrogen-bond acceptors (Lipinski definition) is 3. The van der Waals surface area contributed by atoms with Crippen LogP contribution in [-0.4, -0.2) is 23.4 Å². The fraction of sp³-hybridized carbons (Fsp3) is 0.125. The minimum Gasteiger partial charge on any atom is -0.411 e. The Hall–Kier alpha value is -1.56. The van der Waals surface area contributed by atoms with Crippen molar-refractivity contribution < 1.29 is 10.0 Å². The Morgan fingerprint density at radius 2 is 2.00 bits per heavy atom. The number of carbonyl (C=O) groups excluding carboxylic acids is 1. The number of rotatable bonds is 1. The molecule has 0 spiro atoms. The standard InChI is InChI=1S/C16H11BrCl2N2O2/c17-9-1-4-15-12(7-9)14(20-23)5-6-21(15)16(22)11-3-2-10(18)8-13(11)19/h1-4,7-8,23H,5-6H2. The van der Waals surface area contributed by atoms with Crippen LogP contribution in [0.5, 0.6) is 0 Å². The van der Waals surface area contributed by atoms with E-state index in [1.165, 1.54) is 0 Å². The number of amides is 1. The SMILES string of the molecule is O=C(c1ccc(Cl)cc1Cl)N1CCC(=NO)c2cc(Br)ccc21. The van der Waals surface area contributed by atoms with Crippen molar-refractivity contribution in [2.45, 2.75) is 6.42 Å². The summed E-state index contributed by atoms with van der Waals surface area (Å²) >= 11 is 15.4. The van der Waals surface area contributed by atoms with E-state index in [1.807, 2.05) is 18.2 Å². The van der Waals surface area contributed by atoms with Gasteiger partial charge in [-0.15, -0.1) is 0 Å². The molecular weight excluding hydrogens is 403 g/mol. The van der Waals surface area contributed by atoms with Gasteiger partial charge in [-0.2, -0.15) is 0 Å². The second-order valence-corrected chi connectivity index (χ2v) is 6.80. The molecule has 0 saturated heterocycles. The lowest BCUT2D eigenvalue weighted by molar-refractivity contribution is 0.0987. The average Bonchev–Trinajstić information content (AvgIpc) is 2.53. The monoisotopic (exact) mass is 412 g/mol. The highest BCUT2D eigenvalue weighted by molar-refractivity contribution is 9.10. The quantitative estimate of drug-likeness (QED) is 0.529. The molecule has 0 aliphatic carbocycles. The largest absolute Gasteiger partial charge is 0.411 e. The Labute approximate surface area is 151 Å². The first kappa shape index (κ1) is 16.3. The molecule has 0 atom stereocenters. The first-order chi connectivity index (χ1) is 11.0. The zero-order valence-corrected chi connectivity index (χ0v) is 14.9. The van der Waals surface area contributed by atoms with Crippen LogP contribution >= 0.6 is 39.1 Å². The van der Waals surface area contributed by atoms with Gasteiger partial charge in [-0.25, -0.2) is 0 Å². The third kappa shape index (κ3) is 3.09. The van der Waals surface area contributed by atoms with Gasteiger partial charge in [-0.05, 0) is 36.4 Å². The number of hydrogen-bond donors (Lipinski definition) is 1. The zero-order valence-electron chi connectivity index (χ0n) is 11.8. The molecule has 0 unspecified atom stereocenters. The van der Waals surface area contributed by atoms with Gasteiger partial charge in [0.15, 0.2) is 0 Å². The first-order valence-electron chi connectivity index (χ1n) is 6.79. The lowest BCUT2D eigenvalue weighted by Crippen LogP contribution is -2.37. The lowest BCUT2D eigenvalue weighted by atomic mass is 9.99. The van der Waals surface area contributed by atoms with Crippen molar-refractivity contribution in [3.8, 4) is 0 Å². The van der Waals surface area contributed by atoms with Crippen LogP contribution in [-0.2, 0) is 0 Å². The molecule has 0 fully saturated rings. The summed E-state index contributed by atoms with van der Waals surface area (Å²) in [6.45, 7) is 0.409. The smallest absolute Gasteiger partial charge is 0.259 e. The Morgan fingerprint density at radius 1 is 1.22 bits per heavy atom. The molecule has 0 radical (unpaired) electrons. The van der Waals surface area contributed by atoms with Crippen molar-refractivity contribution in [3.05, 3.63) is 62.0 Å². The molecule has 0 aromatic heterocycles. The molecule has 0 bridgehead atoms. The summed E-state index contributed by atoms with van der Waals surface area (Å²) in [5.41, 5.74) is 2.33. The second kappa shape index (κ2) is 6.51. The number of nitrogens with zero attached hydrogens (tertiary/aromatic N) is 2. The van der Waals surface area contributed by atoms with E-state index < -0.39 is 0 Å². The van der Waals surface area contributed by atoms with Crippen LogP contribution < -0.4 is 4.90 Å². The molecule has 1 heterocycles. The summed E-state index contributed by atoms with van der Waals surface area (Å²) in [5.74, 6) is -0.216. The number of anilines is 1. The molecule has 118 valence electrons. The van der Waals surface area contributed by atoms with Crippen molar-refractivity contribution in [3.63, 3.8) is 0 Å². The lowest BCUT2D eigenvalue weighted by Gasteiger charge is -2.30. The molecule has 7 heteroatoms. The van der Waals surface area contributed by atoms with Gasteiger partial charge in [0.25, 0.3) is 5.91 Å². The van der Waals surface area contributed by atoms with Gasteiger partial charge in [0.05, 0.1) is 22.0 Å². The van der Waals surface area contributed by atoms with Crippen LogP contribution in [0.25, 0.3) is 0 Å². The average molecular weight is 414 g/mol. The fourth-order valence-corrected chi connectivity index (χ4v) is 3.42. The summed E-state index contributed by atoms with van der Waals surface area (Å²) in [6, 6.07) is 10.3. The van der Waals surface area contributed by atoms with Crippen LogP contribution in [0.3, 0.4) is 0 Å². The molecule has 2 aromatic rings. The van der Waals surface area contributed by atoms with Crippen molar-refractivity contribution >= 4 is 56.4 Å². The van der Waals surface area contributed by atoms with Crippen LogP contribution in [0.15, 0.2) is 46.0 Å². The predicted octanol–water partition coefficient (Wildman–Crippen LogP) is 4.98. The van der Waals surface area contributed by atoms with E-state index >= 15 is 0 Å². The Balaban J connectivity index is 2.06. The van der Waals surface area contributed by atoms with Crippen molar-refractivity contribution in [2.24, 2.45) is 5.16 Å². The number of oxime groups is 1. The van der Waals surface area contributed by atoms with E-state index in [2.05, 4.69) is 21.1 Å². The summed E-state index contributed by atoms with van der Waals surface area (Å²) < 4.78 is 0.844. The first-order valence-corrected chi connectivity index (χ1v) is 8.34.